The molecule has 1 aliphatic heterocycles. The third-order valence-corrected chi connectivity index (χ3v) is 2.18. The molecular weight excluding hydrogens is 198 g/mol. The van der Waals surface area contributed by atoms with Gasteiger partial charge in [0.1, 0.15) is 6.61 Å². The molecule has 0 radical (unpaired) electrons. The maximum atomic E-state index is 11.5. The summed E-state index contributed by atoms with van der Waals surface area (Å²) in [6, 6.07) is 0. The number of hydrogen-bond acceptors (Lipinski definition) is 4. The number of primary amides is 1. The van der Waals surface area contributed by atoms with Crippen molar-refractivity contribution in [2.75, 3.05) is 26.2 Å². The third kappa shape index (κ3) is 3.59. The maximum absolute atomic E-state index is 11.5. The van der Waals surface area contributed by atoms with Crippen LogP contribution in [0.4, 0.5) is 4.79 Å². The zero-order valence-electron chi connectivity index (χ0n) is 8.63. The molecule has 1 fully saturated rings. The van der Waals surface area contributed by atoms with E-state index in [0.29, 0.717) is 0 Å². The second kappa shape index (κ2) is 5.35. The molecule has 1 saturated heterocycles. The van der Waals surface area contributed by atoms with E-state index >= 15 is 0 Å². The average Bonchev–Trinajstić information content (AvgIpc) is 2.08. The Morgan fingerprint density at radius 2 is 2.20 bits per heavy atom. The second-order valence-corrected chi connectivity index (χ2v) is 3.26. The Morgan fingerprint density at radius 3 is 2.67 bits per heavy atom. The van der Waals surface area contributed by atoms with Crippen LogP contribution in [0.2, 0.25) is 0 Å². The standard InChI is InChI=1S/C9H15N3O3/c1-6(7-4-11-5-7)8(13)12-2-3-15-9(10)14/h11H,2-5H2,1H3,(H2,10,14)(H,12,13). The fourth-order valence-corrected chi connectivity index (χ4v) is 1.12. The summed E-state index contributed by atoms with van der Waals surface area (Å²) in [5.41, 5.74) is 6.60. The lowest BCUT2D eigenvalue weighted by Crippen LogP contribution is -2.38. The number of nitrogens with one attached hydrogen (secondary N) is 2. The lowest BCUT2D eigenvalue weighted by molar-refractivity contribution is -0.117. The van der Waals surface area contributed by atoms with Crippen molar-refractivity contribution in [3.05, 3.63) is 11.1 Å². The topological polar surface area (TPSA) is 93.4 Å². The van der Waals surface area contributed by atoms with Gasteiger partial charge in [0, 0.05) is 18.7 Å². The number of rotatable bonds is 4. The van der Waals surface area contributed by atoms with E-state index < -0.39 is 6.09 Å². The summed E-state index contributed by atoms with van der Waals surface area (Å²) in [5, 5.41) is 5.68. The molecule has 0 bridgehead atoms. The number of carbonyl (C=O) groups excluding carboxylic acids is 2. The van der Waals surface area contributed by atoms with Gasteiger partial charge in [-0.25, -0.2) is 4.79 Å². The summed E-state index contributed by atoms with van der Waals surface area (Å²) in [4.78, 5) is 21.7. The zero-order chi connectivity index (χ0) is 11.3. The highest BCUT2D eigenvalue weighted by atomic mass is 16.5. The summed E-state index contributed by atoms with van der Waals surface area (Å²) in [6.45, 7) is 3.70. The van der Waals surface area contributed by atoms with E-state index in [-0.39, 0.29) is 19.1 Å². The predicted octanol–water partition coefficient (Wildman–Crippen LogP) is -0.882. The van der Waals surface area contributed by atoms with E-state index in [1.807, 2.05) is 0 Å². The molecule has 1 aliphatic rings. The Labute approximate surface area is 87.8 Å². The maximum Gasteiger partial charge on any atom is 0.404 e. The number of hydrogen-bond donors (Lipinski definition) is 3. The summed E-state index contributed by atoms with van der Waals surface area (Å²) in [5.74, 6) is -0.125. The van der Waals surface area contributed by atoms with Crippen molar-refractivity contribution >= 4 is 12.0 Å². The minimum atomic E-state index is -0.831. The highest BCUT2D eigenvalue weighted by Gasteiger charge is 2.15. The summed E-state index contributed by atoms with van der Waals surface area (Å²) < 4.78 is 4.47. The highest BCUT2D eigenvalue weighted by Crippen LogP contribution is 2.08. The molecule has 2 amide bonds. The van der Waals surface area contributed by atoms with Crippen LogP contribution in [0.5, 0.6) is 0 Å². The second-order valence-electron chi connectivity index (χ2n) is 3.26. The van der Waals surface area contributed by atoms with Crippen LogP contribution >= 0.6 is 0 Å². The molecule has 0 spiro atoms. The fourth-order valence-electron chi connectivity index (χ4n) is 1.12. The van der Waals surface area contributed by atoms with E-state index in [9.17, 15) is 9.59 Å². The van der Waals surface area contributed by atoms with Crippen molar-refractivity contribution < 1.29 is 14.3 Å². The molecular formula is C9H15N3O3. The van der Waals surface area contributed by atoms with Crippen LogP contribution in [0.1, 0.15) is 6.92 Å². The molecule has 4 N–H and O–H groups in total. The van der Waals surface area contributed by atoms with Crippen LogP contribution < -0.4 is 16.4 Å². The predicted molar refractivity (Wildman–Crippen MR) is 54.1 cm³/mol. The van der Waals surface area contributed by atoms with E-state index in [0.717, 1.165) is 24.2 Å². The van der Waals surface area contributed by atoms with Crippen LogP contribution in [0.15, 0.2) is 11.1 Å². The minimum Gasteiger partial charge on any atom is -0.448 e. The lowest BCUT2D eigenvalue weighted by atomic mass is 10.0. The summed E-state index contributed by atoms with van der Waals surface area (Å²) in [6.07, 6.45) is -0.831. The Bertz CT molecular complexity index is 293. The first-order chi connectivity index (χ1) is 7.11. The molecule has 15 heavy (non-hydrogen) atoms. The SMILES string of the molecule is CC(C(=O)NCCOC(N)=O)=C1CNC1. The molecule has 0 aromatic carbocycles. The number of amides is 2. The Balaban J connectivity index is 2.21. The smallest absolute Gasteiger partial charge is 0.404 e. The van der Waals surface area contributed by atoms with Crippen LogP contribution in [0, 0.1) is 0 Å². The molecule has 0 aromatic rings. The Hall–Kier alpha value is -1.56. The largest absolute Gasteiger partial charge is 0.448 e. The van der Waals surface area contributed by atoms with Gasteiger partial charge in [-0.2, -0.15) is 0 Å². The molecule has 1 rings (SSSR count). The number of carbonyl (C=O) groups is 2. The van der Waals surface area contributed by atoms with Crippen LogP contribution in [-0.4, -0.2) is 38.2 Å². The van der Waals surface area contributed by atoms with E-state index in [1.165, 1.54) is 0 Å². The molecule has 0 aromatic heterocycles. The third-order valence-electron chi connectivity index (χ3n) is 2.18. The van der Waals surface area contributed by atoms with Crippen molar-refractivity contribution in [3.63, 3.8) is 0 Å². The molecule has 84 valence electrons. The molecule has 0 atom stereocenters. The minimum absolute atomic E-state index is 0.0991. The molecule has 6 nitrogen and oxygen atoms in total. The molecule has 1 heterocycles. The van der Waals surface area contributed by atoms with Crippen molar-refractivity contribution in [1.29, 1.82) is 0 Å². The Morgan fingerprint density at radius 1 is 1.53 bits per heavy atom. The van der Waals surface area contributed by atoms with Crippen LogP contribution in [0.25, 0.3) is 0 Å². The van der Waals surface area contributed by atoms with Gasteiger partial charge in [0.15, 0.2) is 0 Å². The van der Waals surface area contributed by atoms with E-state index in [2.05, 4.69) is 15.4 Å². The van der Waals surface area contributed by atoms with Crippen LogP contribution in [0.3, 0.4) is 0 Å². The number of ether oxygens (including phenoxy) is 1. The van der Waals surface area contributed by atoms with Gasteiger partial charge in [0.05, 0.1) is 6.54 Å². The van der Waals surface area contributed by atoms with Gasteiger partial charge in [0.2, 0.25) is 5.91 Å². The Kier molecular flexibility index (Phi) is 4.11. The van der Waals surface area contributed by atoms with Gasteiger partial charge in [-0.3, -0.25) is 4.79 Å². The number of nitrogens with two attached hydrogens (primary N) is 1. The first kappa shape index (κ1) is 11.5. The van der Waals surface area contributed by atoms with Crippen molar-refractivity contribution in [1.82, 2.24) is 10.6 Å². The molecule has 0 unspecified atom stereocenters. The lowest BCUT2D eigenvalue weighted by Gasteiger charge is -2.21. The quantitative estimate of drug-likeness (QED) is 0.417. The monoisotopic (exact) mass is 213 g/mol. The average molecular weight is 213 g/mol. The van der Waals surface area contributed by atoms with Crippen molar-refractivity contribution in [2.24, 2.45) is 5.73 Å². The van der Waals surface area contributed by atoms with E-state index in [1.54, 1.807) is 6.92 Å². The van der Waals surface area contributed by atoms with Crippen LogP contribution in [-0.2, 0) is 9.53 Å². The summed E-state index contributed by atoms with van der Waals surface area (Å²) >= 11 is 0. The van der Waals surface area contributed by atoms with Gasteiger partial charge in [-0.15, -0.1) is 0 Å². The fraction of sp³-hybridized carbons (Fsp3) is 0.556. The first-order valence-electron chi connectivity index (χ1n) is 4.71. The van der Waals surface area contributed by atoms with Gasteiger partial charge in [0.25, 0.3) is 0 Å². The van der Waals surface area contributed by atoms with E-state index in [4.69, 9.17) is 5.73 Å². The van der Waals surface area contributed by atoms with Gasteiger partial charge < -0.3 is 21.1 Å². The molecule has 0 saturated carbocycles. The summed E-state index contributed by atoms with van der Waals surface area (Å²) in [7, 11) is 0. The molecule has 6 heteroatoms. The first-order valence-corrected chi connectivity index (χ1v) is 4.71. The zero-order valence-corrected chi connectivity index (χ0v) is 8.63. The van der Waals surface area contributed by atoms with Crippen molar-refractivity contribution in [2.45, 2.75) is 6.92 Å². The van der Waals surface area contributed by atoms with Gasteiger partial charge >= 0.3 is 6.09 Å². The molecule has 0 aliphatic carbocycles. The highest BCUT2D eigenvalue weighted by molar-refractivity contribution is 5.93. The van der Waals surface area contributed by atoms with Gasteiger partial charge in [-0.05, 0) is 12.5 Å². The normalized spacial score (nSPS) is 14.1. The van der Waals surface area contributed by atoms with Crippen molar-refractivity contribution in [3.8, 4) is 0 Å². The van der Waals surface area contributed by atoms with Gasteiger partial charge in [-0.1, -0.05) is 0 Å².